The predicted octanol–water partition coefficient (Wildman–Crippen LogP) is 0.259. The molecule has 8 heteroatoms. The van der Waals surface area contributed by atoms with E-state index >= 15 is 0 Å². The Labute approximate surface area is 163 Å². The van der Waals surface area contributed by atoms with Gasteiger partial charge in [0.15, 0.2) is 0 Å². The lowest BCUT2D eigenvalue weighted by molar-refractivity contribution is -0.136. The molecule has 2 fully saturated rings. The Kier molecular flexibility index (Phi) is 4.99. The van der Waals surface area contributed by atoms with Crippen LogP contribution in [-0.4, -0.2) is 59.1 Å². The summed E-state index contributed by atoms with van der Waals surface area (Å²) in [5.41, 5.74) is 7.33. The van der Waals surface area contributed by atoms with Gasteiger partial charge < -0.3 is 5.73 Å². The van der Waals surface area contributed by atoms with Crippen LogP contribution in [0, 0.1) is 5.92 Å². The first-order valence-corrected chi connectivity index (χ1v) is 9.75. The molecule has 4 rings (SSSR count). The molecule has 4 amide bonds. The zero-order valence-electron chi connectivity index (χ0n) is 15.6. The average molecular weight is 384 g/mol. The first-order chi connectivity index (χ1) is 13.5. The van der Waals surface area contributed by atoms with Crippen LogP contribution < -0.4 is 11.1 Å². The zero-order chi connectivity index (χ0) is 19.8. The lowest BCUT2D eigenvalue weighted by Crippen LogP contribution is -2.54. The van der Waals surface area contributed by atoms with E-state index in [2.05, 4.69) is 10.2 Å². The summed E-state index contributed by atoms with van der Waals surface area (Å²) in [5, 5.41) is 2.22. The van der Waals surface area contributed by atoms with Crippen molar-refractivity contribution in [3.05, 3.63) is 34.9 Å². The summed E-state index contributed by atoms with van der Waals surface area (Å²) in [4.78, 5) is 52.9. The van der Waals surface area contributed by atoms with Gasteiger partial charge in [0.25, 0.3) is 11.8 Å². The van der Waals surface area contributed by atoms with Gasteiger partial charge in [0.2, 0.25) is 11.8 Å². The first-order valence-electron chi connectivity index (χ1n) is 9.75. The number of likely N-dealkylation sites (tertiary alicyclic amines) is 1. The van der Waals surface area contributed by atoms with Crippen molar-refractivity contribution in [2.24, 2.45) is 11.7 Å². The number of piperidine rings is 2. The molecule has 8 nitrogen and oxygen atoms in total. The smallest absolute Gasteiger partial charge is 0.262 e. The molecule has 0 bridgehead atoms. The number of nitrogens with one attached hydrogen (secondary N) is 1. The van der Waals surface area contributed by atoms with Gasteiger partial charge in [-0.1, -0.05) is 12.1 Å². The minimum atomic E-state index is -0.936. The van der Waals surface area contributed by atoms with Gasteiger partial charge in [-0.25, -0.2) is 0 Å². The van der Waals surface area contributed by atoms with E-state index in [0.29, 0.717) is 30.1 Å². The number of rotatable bonds is 4. The number of nitrogens with two attached hydrogens (primary N) is 1. The fourth-order valence-electron chi connectivity index (χ4n) is 4.44. The second kappa shape index (κ2) is 7.44. The van der Waals surface area contributed by atoms with Crippen LogP contribution >= 0.6 is 0 Å². The van der Waals surface area contributed by atoms with Gasteiger partial charge in [-0.2, -0.15) is 0 Å². The Morgan fingerprint density at radius 1 is 1.11 bits per heavy atom. The van der Waals surface area contributed by atoms with Gasteiger partial charge in [-0.15, -0.1) is 0 Å². The number of amides is 4. The topological polar surface area (TPSA) is 113 Å². The predicted molar refractivity (Wildman–Crippen MR) is 100 cm³/mol. The zero-order valence-corrected chi connectivity index (χ0v) is 15.6. The van der Waals surface area contributed by atoms with Crippen LogP contribution in [-0.2, 0) is 16.1 Å². The number of fused-ring (bicyclic) bond motifs is 1. The summed E-state index contributed by atoms with van der Waals surface area (Å²) in [7, 11) is 0. The van der Waals surface area contributed by atoms with Crippen LogP contribution in [0.1, 0.15) is 52.0 Å². The standard InChI is InChI=1S/C20H24N4O4/c21-9-12-3-2-8-23(10-12)11-13-4-1-5-14-17(13)20(28)24(19(14)27)15-6-7-16(25)22-18(15)26/h1,4-5,12,15H,2-3,6-11,21H2,(H,22,25,26). The van der Waals surface area contributed by atoms with Crippen molar-refractivity contribution in [2.45, 2.75) is 38.3 Å². The normalized spacial score (nSPS) is 25.8. The molecule has 1 aromatic carbocycles. The van der Waals surface area contributed by atoms with Crippen LogP contribution in [0.2, 0.25) is 0 Å². The van der Waals surface area contributed by atoms with E-state index in [-0.39, 0.29) is 18.7 Å². The Hall–Kier alpha value is -2.58. The number of carbonyl (C=O) groups is 4. The van der Waals surface area contributed by atoms with E-state index < -0.39 is 23.8 Å². The molecule has 2 atom stereocenters. The number of benzene rings is 1. The largest absolute Gasteiger partial charge is 0.330 e. The molecular formula is C20H24N4O4. The number of carbonyl (C=O) groups excluding carboxylic acids is 4. The highest BCUT2D eigenvalue weighted by molar-refractivity contribution is 6.24. The summed E-state index contributed by atoms with van der Waals surface area (Å²) < 4.78 is 0. The van der Waals surface area contributed by atoms with Gasteiger partial charge in [0.05, 0.1) is 11.1 Å². The Balaban J connectivity index is 1.59. The molecular weight excluding hydrogens is 360 g/mol. The highest BCUT2D eigenvalue weighted by Crippen LogP contribution is 2.31. The van der Waals surface area contributed by atoms with E-state index in [4.69, 9.17) is 5.73 Å². The monoisotopic (exact) mass is 384 g/mol. The molecule has 148 valence electrons. The van der Waals surface area contributed by atoms with Crippen molar-refractivity contribution in [3.8, 4) is 0 Å². The van der Waals surface area contributed by atoms with Crippen molar-refractivity contribution in [1.29, 1.82) is 0 Å². The molecule has 28 heavy (non-hydrogen) atoms. The summed E-state index contributed by atoms with van der Waals surface area (Å²) in [6.07, 6.45) is 2.45. The van der Waals surface area contributed by atoms with Crippen molar-refractivity contribution >= 4 is 23.6 Å². The van der Waals surface area contributed by atoms with Crippen LogP contribution in [0.4, 0.5) is 0 Å². The molecule has 0 aliphatic carbocycles. The number of hydrogen-bond donors (Lipinski definition) is 2. The maximum Gasteiger partial charge on any atom is 0.262 e. The molecule has 2 unspecified atom stereocenters. The van der Waals surface area contributed by atoms with Gasteiger partial charge in [0.1, 0.15) is 6.04 Å². The lowest BCUT2D eigenvalue weighted by atomic mass is 9.96. The average Bonchev–Trinajstić information content (AvgIpc) is 2.94. The maximum atomic E-state index is 13.1. The SMILES string of the molecule is NCC1CCCN(Cc2cccc3c2C(=O)N(C2CCC(=O)NC2=O)C3=O)C1. The molecule has 1 aromatic rings. The van der Waals surface area contributed by atoms with Crippen molar-refractivity contribution in [1.82, 2.24) is 15.1 Å². The van der Waals surface area contributed by atoms with Crippen LogP contribution in [0.5, 0.6) is 0 Å². The molecule has 3 aliphatic heterocycles. The van der Waals surface area contributed by atoms with Gasteiger partial charge in [-0.05, 0) is 49.9 Å². The number of hydrogen-bond acceptors (Lipinski definition) is 6. The third-order valence-corrected chi connectivity index (χ3v) is 5.88. The molecule has 3 heterocycles. The molecule has 0 saturated carbocycles. The second-order valence-electron chi connectivity index (χ2n) is 7.77. The van der Waals surface area contributed by atoms with Crippen molar-refractivity contribution < 1.29 is 19.2 Å². The van der Waals surface area contributed by atoms with Gasteiger partial charge in [-0.3, -0.25) is 34.3 Å². The van der Waals surface area contributed by atoms with Crippen LogP contribution in [0.15, 0.2) is 18.2 Å². The molecule has 0 aromatic heterocycles. The Morgan fingerprint density at radius 2 is 1.93 bits per heavy atom. The van der Waals surface area contributed by atoms with Crippen LogP contribution in [0.3, 0.4) is 0 Å². The highest BCUT2D eigenvalue weighted by atomic mass is 16.2. The molecule has 3 N–H and O–H groups in total. The van der Waals surface area contributed by atoms with Crippen LogP contribution in [0.25, 0.3) is 0 Å². The summed E-state index contributed by atoms with van der Waals surface area (Å²) in [6.45, 7) is 3.02. The number of nitrogens with zero attached hydrogens (tertiary/aromatic N) is 2. The third-order valence-electron chi connectivity index (χ3n) is 5.88. The quantitative estimate of drug-likeness (QED) is 0.720. The van der Waals surface area contributed by atoms with Gasteiger partial charge >= 0.3 is 0 Å². The summed E-state index contributed by atoms with van der Waals surface area (Å²) in [5.74, 6) is -1.43. The summed E-state index contributed by atoms with van der Waals surface area (Å²) >= 11 is 0. The van der Waals surface area contributed by atoms with Crippen molar-refractivity contribution in [3.63, 3.8) is 0 Å². The van der Waals surface area contributed by atoms with Gasteiger partial charge in [0, 0.05) is 19.5 Å². The van der Waals surface area contributed by atoms with Crippen molar-refractivity contribution in [2.75, 3.05) is 19.6 Å². The fraction of sp³-hybridized carbons (Fsp3) is 0.500. The molecule has 0 spiro atoms. The Bertz CT molecular complexity index is 853. The summed E-state index contributed by atoms with van der Waals surface area (Å²) in [6, 6.07) is 4.33. The van der Waals surface area contributed by atoms with E-state index in [1.807, 2.05) is 6.07 Å². The minimum Gasteiger partial charge on any atom is -0.330 e. The molecule has 3 aliphatic rings. The Morgan fingerprint density at radius 3 is 2.68 bits per heavy atom. The minimum absolute atomic E-state index is 0.116. The fourth-order valence-corrected chi connectivity index (χ4v) is 4.44. The highest BCUT2D eigenvalue weighted by Gasteiger charge is 2.45. The number of imide groups is 2. The van der Waals surface area contributed by atoms with E-state index in [9.17, 15) is 19.2 Å². The van der Waals surface area contributed by atoms with E-state index in [0.717, 1.165) is 36.4 Å². The maximum absolute atomic E-state index is 13.1. The second-order valence-corrected chi connectivity index (χ2v) is 7.77. The van der Waals surface area contributed by atoms with E-state index in [1.54, 1.807) is 12.1 Å². The molecule has 0 radical (unpaired) electrons. The third kappa shape index (κ3) is 3.22. The van der Waals surface area contributed by atoms with E-state index in [1.165, 1.54) is 0 Å². The lowest BCUT2D eigenvalue weighted by Gasteiger charge is -2.32. The first kappa shape index (κ1) is 18.8. The molecule has 2 saturated heterocycles.